The minimum Gasteiger partial charge on any atom is -0.497 e. The summed E-state index contributed by atoms with van der Waals surface area (Å²) in [5.74, 6) is 0.172. The number of benzene rings is 2. The van der Waals surface area contributed by atoms with E-state index in [1.807, 2.05) is 52.0 Å². The zero-order valence-corrected chi connectivity index (χ0v) is 23.2. The molecule has 0 heterocycles. The number of ether oxygens (including phenoxy) is 1. The number of carbonyl (C=O) groups is 2. The van der Waals surface area contributed by atoms with E-state index in [9.17, 15) is 18.0 Å². The summed E-state index contributed by atoms with van der Waals surface area (Å²) in [5, 5.41) is 2.94. The number of anilines is 1. The van der Waals surface area contributed by atoms with Gasteiger partial charge < -0.3 is 15.0 Å². The molecule has 0 aliphatic heterocycles. The van der Waals surface area contributed by atoms with Crippen LogP contribution in [0.2, 0.25) is 0 Å². The smallest absolute Gasteiger partial charge is 0.242 e. The van der Waals surface area contributed by atoms with E-state index in [2.05, 4.69) is 5.32 Å². The van der Waals surface area contributed by atoms with Crippen molar-refractivity contribution >= 4 is 27.5 Å². The number of hydrogen-bond donors (Lipinski definition) is 1. The van der Waals surface area contributed by atoms with Crippen LogP contribution in [-0.4, -0.2) is 56.6 Å². The monoisotopic (exact) mass is 517 g/mol. The Bertz CT molecular complexity index is 1120. The Labute approximate surface area is 215 Å². The molecule has 0 aliphatic carbocycles. The molecule has 0 spiro atoms. The van der Waals surface area contributed by atoms with E-state index in [1.54, 1.807) is 43.2 Å². The number of nitrogens with one attached hydrogen (secondary N) is 1. The van der Waals surface area contributed by atoms with Crippen LogP contribution < -0.4 is 14.4 Å². The predicted octanol–water partition coefficient (Wildman–Crippen LogP) is 3.88. The van der Waals surface area contributed by atoms with Crippen molar-refractivity contribution in [2.45, 2.75) is 65.6 Å². The Hall–Kier alpha value is -3.07. The third kappa shape index (κ3) is 8.86. The molecule has 0 aromatic heterocycles. The van der Waals surface area contributed by atoms with Gasteiger partial charge in [0.25, 0.3) is 0 Å². The summed E-state index contributed by atoms with van der Waals surface area (Å²) in [5.41, 5.74) is 2.09. The average Bonchev–Trinajstić information content (AvgIpc) is 2.79. The van der Waals surface area contributed by atoms with Crippen molar-refractivity contribution in [1.82, 2.24) is 10.2 Å². The topological polar surface area (TPSA) is 96.0 Å². The fourth-order valence-corrected chi connectivity index (χ4v) is 4.66. The van der Waals surface area contributed by atoms with Gasteiger partial charge in [0.15, 0.2) is 0 Å². The van der Waals surface area contributed by atoms with E-state index in [4.69, 9.17) is 4.74 Å². The number of carbonyl (C=O) groups excluding carboxylic acids is 2. The van der Waals surface area contributed by atoms with Crippen LogP contribution in [0.5, 0.6) is 5.75 Å². The summed E-state index contributed by atoms with van der Waals surface area (Å²) in [6.07, 6.45) is 1.54. The van der Waals surface area contributed by atoms with Crippen molar-refractivity contribution in [1.29, 1.82) is 0 Å². The molecule has 2 aromatic carbocycles. The molecule has 0 saturated carbocycles. The van der Waals surface area contributed by atoms with Crippen molar-refractivity contribution in [2.75, 3.05) is 24.2 Å². The molecule has 36 heavy (non-hydrogen) atoms. The van der Waals surface area contributed by atoms with Gasteiger partial charge in [-0.05, 0) is 70.9 Å². The molecule has 2 rings (SSSR count). The second kappa shape index (κ2) is 12.3. The Morgan fingerprint density at radius 2 is 1.61 bits per heavy atom. The zero-order chi connectivity index (χ0) is 27.1. The molecule has 0 fully saturated rings. The molecule has 0 aliphatic rings. The van der Waals surface area contributed by atoms with Gasteiger partial charge in [0.05, 0.1) is 19.1 Å². The van der Waals surface area contributed by atoms with Crippen LogP contribution in [0.25, 0.3) is 0 Å². The molecular formula is C27H39N3O5S. The lowest BCUT2D eigenvalue weighted by Gasteiger charge is -2.32. The van der Waals surface area contributed by atoms with E-state index < -0.39 is 21.6 Å². The van der Waals surface area contributed by atoms with Gasteiger partial charge in [0.1, 0.15) is 11.8 Å². The zero-order valence-electron chi connectivity index (χ0n) is 22.4. The first-order valence-corrected chi connectivity index (χ1v) is 13.8. The molecule has 0 unspecified atom stereocenters. The average molecular weight is 518 g/mol. The fourth-order valence-electron chi connectivity index (χ4n) is 3.70. The lowest BCUT2D eigenvalue weighted by Crippen LogP contribution is -2.52. The summed E-state index contributed by atoms with van der Waals surface area (Å²) in [6.45, 7) is 9.80. The van der Waals surface area contributed by atoms with Crippen molar-refractivity contribution < 1.29 is 22.7 Å². The van der Waals surface area contributed by atoms with E-state index in [0.29, 0.717) is 17.9 Å². The van der Waals surface area contributed by atoms with E-state index in [-0.39, 0.29) is 31.3 Å². The maximum Gasteiger partial charge on any atom is 0.242 e. The molecule has 0 radical (unpaired) electrons. The second-order valence-corrected chi connectivity index (χ2v) is 12.0. The maximum atomic E-state index is 13.3. The SMILES string of the molecule is COc1ccc(N(CCCC(=O)N(Cc2ccc(C)cc2)[C@H](C)C(=O)NC(C)(C)C)S(C)(=O)=O)cc1. The lowest BCUT2D eigenvalue weighted by molar-refractivity contribution is -0.141. The summed E-state index contributed by atoms with van der Waals surface area (Å²) in [7, 11) is -2.01. The van der Waals surface area contributed by atoms with Crippen LogP contribution in [0.1, 0.15) is 51.7 Å². The highest BCUT2D eigenvalue weighted by Gasteiger charge is 2.28. The minimum absolute atomic E-state index is 0.0984. The van der Waals surface area contributed by atoms with Gasteiger partial charge in [-0.15, -0.1) is 0 Å². The Kier molecular flexibility index (Phi) is 9.93. The molecule has 2 amide bonds. The van der Waals surface area contributed by atoms with Gasteiger partial charge in [-0.25, -0.2) is 8.42 Å². The molecule has 9 heteroatoms. The number of amides is 2. The fraction of sp³-hybridized carbons (Fsp3) is 0.481. The lowest BCUT2D eigenvalue weighted by atomic mass is 10.1. The van der Waals surface area contributed by atoms with Gasteiger partial charge in [-0.3, -0.25) is 13.9 Å². The Morgan fingerprint density at radius 1 is 1.03 bits per heavy atom. The quantitative estimate of drug-likeness (QED) is 0.488. The third-order valence-electron chi connectivity index (χ3n) is 5.65. The summed E-state index contributed by atoms with van der Waals surface area (Å²) in [6, 6.07) is 13.9. The van der Waals surface area contributed by atoms with E-state index in [0.717, 1.165) is 17.4 Å². The Morgan fingerprint density at radius 3 is 2.11 bits per heavy atom. The number of sulfonamides is 1. The van der Waals surface area contributed by atoms with Crippen molar-refractivity contribution in [2.24, 2.45) is 0 Å². The van der Waals surface area contributed by atoms with Crippen LogP contribution in [0, 0.1) is 6.92 Å². The molecule has 0 saturated heterocycles. The predicted molar refractivity (Wildman–Crippen MR) is 144 cm³/mol. The van der Waals surface area contributed by atoms with Gasteiger partial charge in [-0.1, -0.05) is 29.8 Å². The van der Waals surface area contributed by atoms with Crippen LogP contribution in [-0.2, 0) is 26.2 Å². The normalized spacial score (nSPS) is 12.5. The van der Waals surface area contributed by atoms with E-state index >= 15 is 0 Å². The number of rotatable bonds is 11. The van der Waals surface area contributed by atoms with E-state index in [1.165, 1.54) is 4.31 Å². The minimum atomic E-state index is -3.55. The molecule has 0 bridgehead atoms. The number of methoxy groups -OCH3 is 1. The highest BCUT2D eigenvalue weighted by molar-refractivity contribution is 7.92. The number of hydrogen-bond acceptors (Lipinski definition) is 5. The molecule has 1 atom stereocenters. The summed E-state index contributed by atoms with van der Waals surface area (Å²) in [4.78, 5) is 27.8. The first-order valence-electron chi connectivity index (χ1n) is 12.0. The standard InChI is InChI=1S/C27H39N3O5S/c1-20-10-12-22(13-11-20)19-29(21(2)26(32)28-27(3,4)5)25(31)9-8-18-30(36(7,33)34)23-14-16-24(35-6)17-15-23/h10-17,21H,8-9,18-19H2,1-7H3,(H,28,32)/t21-/m1/s1. The highest BCUT2D eigenvalue weighted by atomic mass is 32.2. The highest BCUT2D eigenvalue weighted by Crippen LogP contribution is 2.22. The van der Waals surface area contributed by atoms with Gasteiger partial charge in [0, 0.05) is 25.0 Å². The van der Waals surface area contributed by atoms with Crippen LogP contribution in [0.15, 0.2) is 48.5 Å². The molecule has 1 N–H and O–H groups in total. The third-order valence-corrected chi connectivity index (χ3v) is 6.85. The number of nitrogens with zero attached hydrogens (tertiary/aromatic N) is 2. The summed E-state index contributed by atoms with van der Waals surface area (Å²) < 4.78 is 31.3. The molecule has 198 valence electrons. The summed E-state index contributed by atoms with van der Waals surface area (Å²) >= 11 is 0. The maximum absolute atomic E-state index is 13.3. The van der Waals surface area contributed by atoms with Gasteiger partial charge in [0.2, 0.25) is 21.8 Å². The van der Waals surface area contributed by atoms with Crippen LogP contribution in [0.4, 0.5) is 5.69 Å². The van der Waals surface area contributed by atoms with Crippen molar-refractivity contribution in [3.63, 3.8) is 0 Å². The van der Waals surface area contributed by atoms with Crippen molar-refractivity contribution in [3.05, 3.63) is 59.7 Å². The van der Waals surface area contributed by atoms with Gasteiger partial charge >= 0.3 is 0 Å². The van der Waals surface area contributed by atoms with Crippen LogP contribution >= 0.6 is 0 Å². The largest absolute Gasteiger partial charge is 0.497 e. The first-order chi connectivity index (χ1) is 16.7. The number of aryl methyl sites for hydroxylation is 1. The first kappa shape index (κ1) is 29.2. The Balaban J connectivity index is 2.17. The molecular weight excluding hydrogens is 478 g/mol. The second-order valence-electron chi connectivity index (χ2n) is 10.1. The molecule has 2 aromatic rings. The molecule has 8 nitrogen and oxygen atoms in total. The van der Waals surface area contributed by atoms with Crippen molar-refractivity contribution in [3.8, 4) is 5.75 Å². The van der Waals surface area contributed by atoms with Gasteiger partial charge in [-0.2, -0.15) is 0 Å². The van der Waals surface area contributed by atoms with Crippen LogP contribution in [0.3, 0.4) is 0 Å².